The van der Waals surface area contributed by atoms with E-state index >= 15 is 0 Å². The van der Waals surface area contributed by atoms with Gasteiger partial charge in [0.05, 0.1) is 5.69 Å². The molecule has 3 nitrogen and oxygen atoms in total. The molecule has 1 aromatic heterocycles. The summed E-state index contributed by atoms with van der Waals surface area (Å²) in [4.78, 5) is 4.38. The molecule has 0 aliphatic rings. The van der Waals surface area contributed by atoms with Crippen molar-refractivity contribution in [2.45, 2.75) is 26.9 Å². The van der Waals surface area contributed by atoms with E-state index in [0.717, 1.165) is 30.5 Å². The van der Waals surface area contributed by atoms with Crippen LogP contribution in [-0.4, -0.2) is 16.1 Å². The zero-order valence-corrected chi connectivity index (χ0v) is 11.5. The number of hydrogen-bond acceptors (Lipinski definition) is 2. The van der Waals surface area contributed by atoms with Crippen LogP contribution in [-0.2, 0) is 13.1 Å². The Bertz CT molecular complexity index is 520. The lowest BCUT2D eigenvalue weighted by molar-refractivity contribution is 0.646. The molecule has 1 aromatic carbocycles. The van der Waals surface area contributed by atoms with E-state index in [1.165, 1.54) is 11.3 Å². The van der Waals surface area contributed by atoms with Crippen LogP contribution < -0.4 is 5.32 Å². The van der Waals surface area contributed by atoms with Crippen LogP contribution in [0.2, 0.25) is 5.02 Å². The van der Waals surface area contributed by atoms with Gasteiger partial charge in [-0.2, -0.15) is 0 Å². The number of rotatable bonds is 5. The molecule has 0 fully saturated rings. The maximum atomic E-state index is 6.01. The lowest BCUT2D eigenvalue weighted by atomic mass is 10.2. The SMILES string of the molecule is CCNCc1cnc(C)n1Cc1cccc(Cl)c1. The Morgan fingerprint density at radius 3 is 2.94 bits per heavy atom. The number of aryl methyl sites for hydroxylation is 1. The van der Waals surface area contributed by atoms with Crippen LogP contribution in [0.1, 0.15) is 24.0 Å². The summed E-state index contributed by atoms with van der Waals surface area (Å²) in [7, 11) is 0. The second-order valence-corrected chi connectivity index (χ2v) is 4.73. The zero-order valence-electron chi connectivity index (χ0n) is 10.8. The van der Waals surface area contributed by atoms with Crippen molar-refractivity contribution in [3.8, 4) is 0 Å². The van der Waals surface area contributed by atoms with Crippen LogP contribution in [0.3, 0.4) is 0 Å². The molecule has 1 N–H and O–H groups in total. The molecule has 0 bridgehead atoms. The maximum Gasteiger partial charge on any atom is 0.106 e. The third kappa shape index (κ3) is 3.12. The monoisotopic (exact) mass is 263 g/mol. The van der Waals surface area contributed by atoms with E-state index in [0.29, 0.717) is 0 Å². The Morgan fingerprint density at radius 2 is 2.22 bits per heavy atom. The van der Waals surface area contributed by atoms with Gasteiger partial charge in [-0.05, 0) is 31.2 Å². The minimum atomic E-state index is 0.776. The quantitative estimate of drug-likeness (QED) is 0.899. The molecule has 0 radical (unpaired) electrons. The standard InChI is InChI=1S/C14H18ClN3/c1-3-16-8-14-9-17-11(2)18(14)10-12-5-4-6-13(15)7-12/h4-7,9,16H,3,8,10H2,1-2H3. The lowest BCUT2D eigenvalue weighted by Crippen LogP contribution is -2.16. The van der Waals surface area contributed by atoms with Crippen molar-refractivity contribution >= 4 is 11.6 Å². The van der Waals surface area contributed by atoms with Crippen LogP contribution >= 0.6 is 11.6 Å². The topological polar surface area (TPSA) is 29.9 Å². The highest BCUT2D eigenvalue weighted by molar-refractivity contribution is 6.30. The van der Waals surface area contributed by atoms with E-state index in [1.54, 1.807) is 0 Å². The van der Waals surface area contributed by atoms with Gasteiger partial charge in [0.2, 0.25) is 0 Å². The van der Waals surface area contributed by atoms with Crippen LogP contribution in [0.4, 0.5) is 0 Å². The number of nitrogens with zero attached hydrogens (tertiary/aromatic N) is 2. The number of nitrogens with one attached hydrogen (secondary N) is 1. The molecule has 0 atom stereocenters. The Balaban J connectivity index is 2.20. The molecule has 1 heterocycles. The summed E-state index contributed by atoms with van der Waals surface area (Å²) in [5, 5.41) is 4.10. The Kier molecular flexibility index (Phi) is 4.39. The van der Waals surface area contributed by atoms with Crippen molar-refractivity contribution in [3.63, 3.8) is 0 Å². The van der Waals surface area contributed by atoms with E-state index in [-0.39, 0.29) is 0 Å². The highest BCUT2D eigenvalue weighted by Crippen LogP contribution is 2.14. The highest BCUT2D eigenvalue weighted by atomic mass is 35.5. The summed E-state index contributed by atoms with van der Waals surface area (Å²) in [6.07, 6.45) is 1.93. The van der Waals surface area contributed by atoms with Crippen molar-refractivity contribution in [3.05, 3.63) is 52.6 Å². The van der Waals surface area contributed by atoms with Crippen molar-refractivity contribution in [2.75, 3.05) is 6.54 Å². The fraction of sp³-hybridized carbons (Fsp3) is 0.357. The van der Waals surface area contributed by atoms with Crippen LogP contribution in [0.5, 0.6) is 0 Å². The van der Waals surface area contributed by atoms with E-state index in [2.05, 4.69) is 27.9 Å². The summed E-state index contributed by atoms with van der Waals surface area (Å²) < 4.78 is 2.22. The number of aromatic nitrogens is 2. The van der Waals surface area contributed by atoms with Gasteiger partial charge in [0.25, 0.3) is 0 Å². The number of imidazole rings is 1. The van der Waals surface area contributed by atoms with E-state index in [4.69, 9.17) is 11.6 Å². The molecule has 0 unspecified atom stereocenters. The molecular formula is C14H18ClN3. The first-order chi connectivity index (χ1) is 8.70. The van der Waals surface area contributed by atoms with Gasteiger partial charge in [-0.15, -0.1) is 0 Å². The maximum absolute atomic E-state index is 6.01. The predicted octanol–water partition coefficient (Wildman–Crippen LogP) is 3.00. The van der Waals surface area contributed by atoms with Crippen LogP contribution in [0.15, 0.2) is 30.5 Å². The van der Waals surface area contributed by atoms with Crippen molar-refractivity contribution in [1.82, 2.24) is 14.9 Å². The van der Waals surface area contributed by atoms with Gasteiger partial charge < -0.3 is 9.88 Å². The second-order valence-electron chi connectivity index (χ2n) is 4.29. The van der Waals surface area contributed by atoms with E-state index in [1.807, 2.05) is 31.3 Å². The molecule has 0 saturated carbocycles. The van der Waals surface area contributed by atoms with Crippen LogP contribution in [0.25, 0.3) is 0 Å². The summed E-state index contributed by atoms with van der Waals surface area (Å²) in [6.45, 7) is 6.75. The van der Waals surface area contributed by atoms with Gasteiger partial charge in [0, 0.05) is 24.3 Å². The zero-order chi connectivity index (χ0) is 13.0. The van der Waals surface area contributed by atoms with Crippen molar-refractivity contribution in [1.29, 1.82) is 0 Å². The number of hydrogen-bond donors (Lipinski definition) is 1. The van der Waals surface area contributed by atoms with Crippen LogP contribution in [0, 0.1) is 6.92 Å². The summed E-state index contributed by atoms with van der Waals surface area (Å²) in [6, 6.07) is 7.96. The minimum Gasteiger partial charge on any atom is -0.327 e. The van der Waals surface area contributed by atoms with Gasteiger partial charge in [0.15, 0.2) is 0 Å². The van der Waals surface area contributed by atoms with Gasteiger partial charge >= 0.3 is 0 Å². The molecular weight excluding hydrogens is 246 g/mol. The Labute approximate surface area is 113 Å². The molecule has 0 aliphatic heterocycles. The average Bonchev–Trinajstić information content (AvgIpc) is 2.69. The van der Waals surface area contributed by atoms with Gasteiger partial charge in [-0.1, -0.05) is 30.7 Å². The molecule has 2 rings (SSSR count). The predicted molar refractivity (Wildman–Crippen MR) is 74.9 cm³/mol. The highest BCUT2D eigenvalue weighted by Gasteiger charge is 2.06. The Morgan fingerprint density at radius 1 is 1.39 bits per heavy atom. The molecule has 0 amide bonds. The molecule has 0 aliphatic carbocycles. The number of halogens is 1. The summed E-state index contributed by atoms with van der Waals surface area (Å²) in [5.74, 6) is 1.03. The summed E-state index contributed by atoms with van der Waals surface area (Å²) >= 11 is 6.01. The molecule has 96 valence electrons. The normalized spacial score (nSPS) is 10.8. The molecule has 0 saturated heterocycles. The minimum absolute atomic E-state index is 0.776. The third-order valence-corrected chi connectivity index (χ3v) is 3.16. The molecule has 0 spiro atoms. The van der Waals surface area contributed by atoms with Crippen molar-refractivity contribution < 1.29 is 0 Å². The van der Waals surface area contributed by atoms with Gasteiger partial charge in [-0.25, -0.2) is 4.98 Å². The largest absolute Gasteiger partial charge is 0.327 e. The smallest absolute Gasteiger partial charge is 0.106 e. The first kappa shape index (κ1) is 13.1. The fourth-order valence-corrected chi connectivity index (χ4v) is 2.16. The van der Waals surface area contributed by atoms with E-state index < -0.39 is 0 Å². The van der Waals surface area contributed by atoms with Gasteiger partial charge in [0.1, 0.15) is 5.82 Å². The first-order valence-corrected chi connectivity index (χ1v) is 6.54. The van der Waals surface area contributed by atoms with Gasteiger partial charge in [-0.3, -0.25) is 0 Å². The Hall–Kier alpha value is -1.32. The average molecular weight is 264 g/mol. The summed E-state index contributed by atoms with van der Waals surface area (Å²) in [5.41, 5.74) is 2.40. The molecule has 2 aromatic rings. The molecule has 18 heavy (non-hydrogen) atoms. The third-order valence-electron chi connectivity index (χ3n) is 2.92. The van der Waals surface area contributed by atoms with E-state index in [9.17, 15) is 0 Å². The lowest BCUT2D eigenvalue weighted by Gasteiger charge is -2.11. The number of benzene rings is 1. The fourth-order valence-electron chi connectivity index (χ4n) is 1.94. The van der Waals surface area contributed by atoms with Crippen molar-refractivity contribution in [2.24, 2.45) is 0 Å². The first-order valence-electron chi connectivity index (χ1n) is 6.17. The second kappa shape index (κ2) is 6.03. The molecule has 4 heteroatoms.